The highest BCUT2D eigenvalue weighted by Gasteiger charge is 2.35. The fourth-order valence-electron chi connectivity index (χ4n) is 2.68. The van der Waals surface area contributed by atoms with Crippen LogP contribution in [0.3, 0.4) is 0 Å². The number of pyridine rings is 1. The van der Waals surface area contributed by atoms with Crippen LogP contribution in [0.15, 0.2) is 49.2 Å². The number of carbonyl (C=O) groups is 1. The van der Waals surface area contributed by atoms with Crippen LogP contribution >= 0.6 is 0 Å². The summed E-state index contributed by atoms with van der Waals surface area (Å²) >= 11 is 0. The lowest BCUT2D eigenvalue weighted by Gasteiger charge is -2.17. The summed E-state index contributed by atoms with van der Waals surface area (Å²) in [7, 11) is 1.22. The number of rotatable bonds is 7. The second-order valence-corrected chi connectivity index (χ2v) is 6.63. The first-order valence-electron chi connectivity index (χ1n) is 9.33. The van der Waals surface area contributed by atoms with Gasteiger partial charge in [0.05, 0.1) is 18.5 Å². The molecule has 0 radical (unpaired) electrons. The van der Waals surface area contributed by atoms with E-state index in [0.29, 0.717) is 6.20 Å². The highest BCUT2D eigenvalue weighted by Crippen LogP contribution is 2.37. The summed E-state index contributed by atoms with van der Waals surface area (Å²) in [5, 5.41) is 7.74. The predicted molar refractivity (Wildman–Crippen MR) is 114 cm³/mol. The number of halogens is 4. The number of nitrogens with one attached hydrogen (secondary N) is 3. The van der Waals surface area contributed by atoms with Crippen molar-refractivity contribution in [2.24, 2.45) is 0 Å². The van der Waals surface area contributed by atoms with Crippen molar-refractivity contribution in [2.45, 2.75) is 13.1 Å². The maximum atomic E-state index is 13.6. The van der Waals surface area contributed by atoms with E-state index in [1.165, 1.54) is 19.2 Å². The molecule has 1 amide bonds. The zero-order chi connectivity index (χ0) is 24.2. The molecular formula is C21H18F4N6O2. The monoisotopic (exact) mass is 462 g/mol. The van der Waals surface area contributed by atoms with E-state index >= 15 is 0 Å². The van der Waals surface area contributed by atoms with Crippen LogP contribution in [-0.2, 0) is 11.0 Å². The molecule has 3 N–H and O–H groups in total. The third-order valence-corrected chi connectivity index (χ3v) is 4.21. The number of aromatic nitrogens is 3. The lowest BCUT2D eigenvalue weighted by Crippen LogP contribution is -2.14. The summed E-state index contributed by atoms with van der Waals surface area (Å²) in [5.41, 5.74) is 0.00945. The van der Waals surface area contributed by atoms with Crippen molar-refractivity contribution in [1.82, 2.24) is 15.0 Å². The minimum Gasteiger partial charge on any atom is -0.479 e. The molecule has 0 aliphatic rings. The normalized spacial score (nSPS) is 11.0. The third-order valence-electron chi connectivity index (χ3n) is 4.21. The molecule has 33 heavy (non-hydrogen) atoms. The fourth-order valence-corrected chi connectivity index (χ4v) is 2.68. The zero-order valence-electron chi connectivity index (χ0n) is 17.4. The van der Waals surface area contributed by atoms with Crippen LogP contribution in [0, 0.1) is 12.7 Å². The van der Waals surface area contributed by atoms with Gasteiger partial charge in [0.2, 0.25) is 11.9 Å². The second-order valence-electron chi connectivity index (χ2n) is 6.63. The average molecular weight is 462 g/mol. The Labute approximate surface area is 185 Å². The number of methoxy groups -OCH3 is 1. The molecule has 0 saturated heterocycles. The molecule has 12 heteroatoms. The maximum absolute atomic E-state index is 13.6. The molecule has 2 aromatic heterocycles. The molecule has 0 aliphatic heterocycles. The molecule has 1 aromatic carbocycles. The highest BCUT2D eigenvalue weighted by atomic mass is 19.4. The van der Waals surface area contributed by atoms with Crippen LogP contribution in [0.1, 0.15) is 11.1 Å². The minimum absolute atomic E-state index is 0.0493. The van der Waals surface area contributed by atoms with Crippen molar-refractivity contribution in [3.8, 4) is 5.88 Å². The molecule has 0 spiro atoms. The molecule has 3 rings (SSSR count). The molecule has 0 bridgehead atoms. The Bertz CT molecular complexity index is 1200. The lowest BCUT2D eigenvalue weighted by molar-refractivity contribution is -0.137. The largest absolute Gasteiger partial charge is 0.479 e. The van der Waals surface area contributed by atoms with E-state index in [4.69, 9.17) is 4.74 Å². The number of hydrogen-bond donors (Lipinski definition) is 3. The number of benzene rings is 1. The van der Waals surface area contributed by atoms with Crippen LogP contribution < -0.4 is 20.7 Å². The first kappa shape index (κ1) is 23.4. The molecule has 0 unspecified atom stereocenters. The maximum Gasteiger partial charge on any atom is 0.421 e. The number of hydrogen-bond acceptors (Lipinski definition) is 7. The van der Waals surface area contributed by atoms with Crippen LogP contribution in [-0.4, -0.2) is 28.0 Å². The summed E-state index contributed by atoms with van der Waals surface area (Å²) in [6.07, 6.45) is -3.15. The second kappa shape index (κ2) is 9.51. The van der Waals surface area contributed by atoms with E-state index in [9.17, 15) is 22.4 Å². The highest BCUT2D eigenvalue weighted by molar-refractivity contribution is 6.01. The first-order chi connectivity index (χ1) is 15.6. The molecule has 3 aromatic rings. The Hall–Kier alpha value is -4.22. The van der Waals surface area contributed by atoms with Gasteiger partial charge in [-0.2, -0.15) is 23.1 Å². The van der Waals surface area contributed by atoms with Gasteiger partial charge in [0.15, 0.2) is 5.82 Å². The smallest absolute Gasteiger partial charge is 0.421 e. The molecule has 172 valence electrons. The number of nitrogens with zero attached hydrogens (tertiary/aromatic N) is 3. The molecule has 0 atom stereocenters. The number of carbonyl (C=O) groups excluding carboxylic acids is 1. The lowest BCUT2D eigenvalue weighted by atomic mass is 10.1. The van der Waals surface area contributed by atoms with Crippen LogP contribution in [0.4, 0.5) is 46.5 Å². The van der Waals surface area contributed by atoms with Gasteiger partial charge in [-0.05, 0) is 42.8 Å². The number of alkyl halides is 3. The Morgan fingerprint density at radius 2 is 1.88 bits per heavy atom. The van der Waals surface area contributed by atoms with E-state index in [1.54, 1.807) is 19.1 Å². The van der Waals surface area contributed by atoms with Gasteiger partial charge in [-0.25, -0.2) is 9.37 Å². The van der Waals surface area contributed by atoms with Gasteiger partial charge in [-0.1, -0.05) is 12.6 Å². The van der Waals surface area contributed by atoms with Crippen LogP contribution in [0.25, 0.3) is 0 Å². The van der Waals surface area contributed by atoms with Crippen molar-refractivity contribution in [1.29, 1.82) is 0 Å². The van der Waals surface area contributed by atoms with E-state index in [-0.39, 0.29) is 29.0 Å². The number of ether oxygens (including phenoxy) is 1. The Kier molecular flexibility index (Phi) is 6.75. The average Bonchev–Trinajstić information content (AvgIpc) is 2.76. The van der Waals surface area contributed by atoms with Gasteiger partial charge in [0, 0.05) is 6.20 Å². The van der Waals surface area contributed by atoms with E-state index in [2.05, 4.69) is 37.5 Å². The van der Waals surface area contributed by atoms with Gasteiger partial charge >= 0.3 is 6.18 Å². The summed E-state index contributed by atoms with van der Waals surface area (Å²) < 4.78 is 59.1. The van der Waals surface area contributed by atoms with E-state index in [1.807, 2.05) is 0 Å². The van der Waals surface area contributed by atoms with Gasteiger partial charge in [0.1, 0.15) is 17.2 Å². The number of aryl methyl sites for hydroxylation is 1. The molecule has 8 nitrogen and oxygen atoms in total. The Morgan fingerprint density at radius 1 is 1.12 bits per heavy atom. The number of anilines is 5. The minimum atomic E-state index is -4.77. The molecule has 2 heterocycles. The summed E-state index contributed by atoms with van der Waals surface area (Å²) in [6.45, 7) is 5.12. The first-order valence-corrected chi connectivity index (χ1v) is 9.33. The molecule has 0 fully saturated rings. The van der Waals surface area contributed by atoms with Gasteiger partial charge < -0.3 is 20.7 Å². The van der Waals surface area contributed by atoms with Crippen LogP contribution in [0.5, 0.6) is 5.88 Å². The zero-order valence-corrected chi connectivity index (χ0v) is 17.4. The molecular weight excluding hydrogens is 444 g/mol. The summed E-state index contributed by atoms with van der Waals surface area (Å²) in [4.78, 5) is 23.2. The van der Waals surface area contributed by atoms with E-state index in [0.717, 1.165) is 17.7 Å². The van der Waals surface area contributed by atoms with Crippen LogP contribution in [0.2, 0.25) is 0 Å². The van der Waals surface area contributed by atoms with Gasteiger partial charge in [-0.3, -0.25) is 4.79 Å². The predicted octanol–water partition coefficient (Wildman–Crippen LogP) is 4.96. The quantitative estimate of drug-likeness (QED) is 0.337. The number of amides is 1. The van der Waals surface area contributed by atoms with Crippen molar-refractivity contribution in [3.63, 3.8) is 0 Å². The third kappa shape index (κ3) is 5.73. The summed E-state index contributed by atoms with van der Waals surface area (Å²) in [6, 6.07) is 7.03. The van der Waals surface area contributed by atoms with Crippen molar-refractivity contribution >= 4 is 34.9 Å². The standard InChI is InChI=1S/C21H18F4N6O2/c1-4-17(32)27-15-9-11(2)5-7-14(15)28-18-12(21(23,24)25)10-26-20(31-18)30-16-8-6-13(22)19(29-16)33-3/h4-10H,1H2,2-3H3,(H,27,32)(H2,26,28,29,30,31). The SMILES string of the molecule is C=CC(=O)Nc1cc(C)ccc1Nc1nc(Nc2ccc(F)c(OC)n2)ncc1C(F)(F)F. The van der Waals surface area contributed by atoms with Crippen molar-refractivity contribution in [2.75, 3.05) is 23.1 Å². The summed E-state index contributed by atoms with van der Waals surface area (Å²) in [5.74, 6) is -2.34. The molecule has 0 saturated carbocycles. The van der Waals surface area contributed by atoms with Crippen molar-refractivity contribution in [3.05, 3.63) is 66.1 Å². The van der Waals surface area contributed by atoms with E-state index < -0.39 is 29.3 Å². The fraction of sp³-hybridized carbons (Fsp3) is 0.143. The van der Waals surface area contributed by atoms with Gasteiger partial charge in [0.25, 0.3) is 5.88 Å². The van der Waals surface area contributed by atoms with Crippen molar-refractivity contribution < 1.29 is 27.1 Å². The van der Waals surface area contributed by atoms with Gasteiger partial charge in [-0.15, -0.1) is 0 Å². The topological polar surface area (TPSA) is 101 Å². The Morgan fingerprint density at radius 3 is 2.55 bits per heavy atom. The molecule has 0 aliphatic carbocycles. The Balaban J connectivity index is 2.00.